The molecule has 0 bridgehead atoms. The van der Waals surface area contributed by atoms with Crippen LogP contribution in [-0.4, -0.2) is 36.0 Å². The second kappa shape index (κ2) is 9.26. The summed E-state index contributed by atoms with van der Waals surface area (Å²) in [5.74, 6) is 0.448. The molecule has 1 fully saturated rings. The molecule has 5 heteroatoms. The number of benzene rings is 1. The van der Waals surface area contributed by atoms with Gasteiger partial charge in [0.25, 0.3) is 0 Å². The molecule has 1 amide bonds. The molecule has 1 heterocycles. The Morgan fingerprint density at radius 2 is 2.00 bits per heavy atom. The molecule has 1 aliphatic heterocycles. The lowest BCUT2D eigenvalue weighted by Gasteiger charge is -2.37. The molecule has 1 aromatic rings. The molecule has 0 aliphatic carbocycles. The lowest BCUT2D eigenvalue weighted by atomic mass is 9.97. The summed E-state index contributed by atoms with van der Waals surface area (Å²) in [7, 11) is 0. The number of nitrogens with zero attached hydrogens (tertiary/aromatic N) is 1. The highest BCUT2D eigenvalue weighted by atomic mass is 35.5. The molecule has 2 atom stereocenters. The van der Waals surface area contributed by atoms with E-state index in [0.29, 0.717) is 18.5 Å². The third-order valence-corrected chi connectivity index (χ3v) is 4.47. The summed E-state index contributed by atoms with van der Waals surface area (Å²) in [5, 5.41) is 3.08. The van der Waals surface area contributed by atoms with Crippen LogP contribution in [0, 0.1) is 0 Å². The molecule has 0 radical (unpaired) electrons. The van der Waals surface area contributed by atoms with Crippen LogP contribution in [-0.2, 0) is 4.79 Å². The van der Waals surface area contributed by atoms with Crippen molar-refractivity contribution >= 4 is 24.0 Å². The van der Waals surface area contributed by atoms with E-state index in [2.05, 4.69) is 30.1 Å². The van der Waals surface area contributed by atoms with Crippen molar-refractivity contribution in [2.24, 2.45) is 5.73 Å². The minimum absolute atomic E-state index is 0. The van der Waals surface area contributed by atoms with Crippen LogP contribution in [0.5, 0.6) is 0 Å². The van der Waals surface area contributed by atoms with Gasteiger partial charge in [-0.05, 0) is 43.9 Å². The van der Waals surface area contributed by atoms with Crippen LogP contribution in [0.25, 0.3) is 0 Å². The number of nitrogens with one attached hydrogen (secondary N) is 1. The number of para-hydroxylation sites is 1. The van der Waals surface area contributed by atoms with E-state index in [1.54, 1.807) is 0 Å². The topological polar surface area (TPSA) is 58.4 Å². The number of rotatable bonds is 5. The molecule has 1 saturated heterocycles. The Labute approximate surface area is 146 Å². The fourth-order valence-corrected chi connectivity index (χ4v) is 3.30. The first-order valence-electron chi connectivity index (χ1n) is 8.37. The minimum atomic E-state index is 0. The zero-order valence-electron chi connectivity index (χ0n) is 14.4. The van der Waals surface area contributed by atoms with E-state index in [4.69, 9.17) is 5.73 Å². The van der Waals surface area contributed by atoms with E-state index in [1.165, 1.54) is 12.0 Å². The highest BCUT2D eigenvalue weighted by Crippen LogP contribution is 2.24. The van der Waals surface area contributed by atoms with E-state index in [0.717, 1.165) is 25.1 Å². The highest BCUT2D eigenvalue weighted by Gasteiger charge is 2.27. The van der Waals surface area contributed by atoms with Gasteiger partial charge < -0.3 is 11.1 Å². The van der Waals surface area contributed by atoms with Crippen molar-refractivity contribution in [2.45, 2.75) is 58.0 Å². The van der Waals surface area contributed by atoms with Gasteiger partial charge in [-0.15, -0.1) is 12.4 Å². The summed E-state index contributed by atoms with van der Waals surface area (Å²) in [6, 6.07) is 8.46. The van der Waals surface area contributed by atoms with Crippen LogP contribution in [0.15, 0.2) is 24.3 Å². The first-order valence-corrected chi connectivity index (χ1v) is 8.37. The van der Waals surface area contributed by atoms with Gasteiger partial charge >= 0.3 is 0 Å². The van der Waals surface area contributed by atoms with Crippen LogP contribution >= 0.6 is 12.4 Å². The van der Waals surface area contributed by atoms with Gasteiger partial charge in [0, 0.05) is 17.8 Å². The smallest absolute Gasteiger partial charge is 0.238 e. The Morgan fingerprint density at radius 3 is 2.65 bits per heavy atom. The van der Waals surface area contributed by atoms with Crippen molar-refractivity contribution in [1.82, 2.24) is 4.90 Å². The van der Waals surface area contributed by atoms with Crippen molar-refractivity contribution in [1.29, 1.82) is 0 Å². The van der Waals surface area contributed by atoms with Crippen molar-refractivity contribution in [3.05, 3.63) is 29.8 Å². The first kappa shape index (κ1) is 19.9. The van der Waals surface area contributed by atoms with E-state index in [1.807, 2.05) is 25.1 Å². The fourth-order valence-electron chi connectivity index (χ4n) is 3.30. The molecular formula is C18H30ClN3O. The molecule has 0 aromatic heterocycles. The maximum absolute atomic E-state index is 12.4. The summed E-state index contributed by atoms with van der Waals surface area (Å²) >= 11 is 0. The predicted octanol–water partition coefficient (Wildman–Crippen LogP) is 3.37. The van der Waals surface area contributed by atoms with E-state index in [9.17, 15) is 4.79 Å². The second-order valence-electron chi connectivity index (χ2n) is 6.68. The van der Waals surface area contributed by atoms with E-state index >= 15 is 0 Å². The Morgan fingerprint density at radius 1 is 1.30 bits per heavy atom. The number of piperidine rings is 1. The number of nitrogens with two attached hydrogens (primary N) is 1. The Bertz CT molecular complexity index is 505. The lowest BCUT2D eigenvalue weighted by Crippen LogP contribution is -2.51. The minimum Gasteiger partial charge on any atom is -0.327 e. The molecule has 23 heavy (non-hydrogen) atoms. The zero-order valence-corrected chi connectivity index (χ0v) is 15.2. The van der Waals surface area contributed by atoms with Crippen molar-refractivity contribution in [3.8, 4) is 0 Å². The number of halogens is 1. The number of carbonyl (C=O) groups is 1. The molecule has 4 nitrogen and oxygen atoms in total. The normalized spacial score (nSPS) is 20.0. The largest absolute Gasteiger partial charge is 0.327 e. The van der Waals surface area contributed by atoms with Gasteiger partial charge in [0.1, 0.15) is 0 Å². The summed E-state index contributed by atoms with van der Waals surface area (Å²) in [6.45, 7) is 7.71. The molecule has 2 unspecified atom stereocenters. The van der Waals surface area contributed by atoms with Crippen LogP contribution in [0.4, 0.5) is 5.69 Å². The molecule has 130 valence electrons. The number of carbonyl (C=O) groups excluding carboxylic acids is 1. The van der Waals surface area contributed by atoms with Crippen LogP contribution < -0.4 is 11.1 Å². The maximum Gasteiger partial charge on any atom is 0.238 e. The molecule has 1 aliphatic rings. The molecule has 0 saturated carbocycles. The lowest BCUT2D eigenvalue weighted by molar-refractivity contribution is -0.118. The molecule has 0 spiro atoms. The zero-order chi connectivity index (χ0) is 16.1. The predicted molar refractivity (Wildman–Crippen MR) is 99.3 cm³/mol. The average molecular weight is 340 g/mol. The van der Waals surface area contributed by atoms with Crippen LogP contribution in [0.1, 0.15) is 51.5 Å². The highest BCUT2D eigenvalue weighted by molar-refractivity contribution is 5.93. The monoisotopic (exact) mass is 339 g/mol. The number of hydrogen-bond donors (Lipinski definition) is 2. The third-order valence-electron chi connectivity index (χ3n) is 4.47. The van der Waals surface area contributed by atoms with E-state index < -0.39 is 0 Å². The van der Waals surface area contributed by atoms with Crippen molar-refractivity contribution in [2.75, 3.05) is 18.4 Å². The molecule has 3 N–H and O–H groups in total. The summed E-state index contributed by atoms with van der Waals surface area (Å²) < 4.78 is 0. The average Bonchev–Trinajstić information content (AvgIpc) is 2.47. The number of likely N-dealkylation sites (tertiary alicyclic amines) is 1. The first-order chi connectivity index (χ1) is 10.5. The van der Waals surface area contributed by atoms with Gasteiger partial charge in [0.15, 0.2) is 0 Å². The summed E-state index contributed by atoms with van der Waals surface area (Å²) in [5.41, 5.74) is 8.18. The van der Waals surface area contributed by atoms with Crippen LogP contribution in [0.3, 0.4) is 0 Å². The Balaban J connectivity index is 0.00000264. The number of amides is 1. The SMILES string of the molecule is CC(C)c1ccccc1NC(=O)CN1CCCCC1C(C)N.Cl. The van der Waals surface area contributed by atoms with Gasteiger partial charge in [-0.2, -0.15) is 0 Å². The summed E-state index contributed by atoms with van der Waals surface area (Å²) in [6.07, 6.45) is 3.45. The number of anilines is 1. The maximum atomic E-state index is 12.4. The standard InChI is InChI=1S/C18H29N3O.ClH/c1-13(2)15-8-4-5-9-16(15)20-18(22)12-21-11-7-6-10-17(21)14(3)19;/h4-5,8-9,13-14,17H,6-7,10-12,19H2,1-3H3,(H,20,22);1H. The molecule has 1 aromatic carbocycles. The third kappa shape index (κ3) is 5.48. The Hall–Kier alpha value is -1.10. The summed E-state index contributed by atoms with van der Waals surface area (Å²) in [4.78, 5) is 14.7. The Kier molecular flexibility index (Phi) is 8.03. The second-order valence-corrected chi connectivity index (χ2v) is 6.68. The van der Waals surface area contributed by atoms with Gasteiger partial charge in [-0.3, -0.25) is 9.69 Å². The van der Waals surface area contributed by atoms with Gasteiger partial charge in [0.2, 0.25) is 5.91 Å². The quantitative estimate of drug-likeness (QED) is 0.864. The van der Waals surface area contributed by atoms with Crippen LogP contribution in [0.2, 0.25) is 0 Å². The van der Waals surface area contributed by atoms with Crippen molar-refractivity contribution in [3.63, 3.8) is 0 Å². The fraction of sp³-hybridized carbons (Fsp3) is 0.611. The van der Waals surface area contributed by atoms with Gasteiger partial charge in [-0.25, -0.2) is 0 Å². The number of hydrogen-bond acceptors (Lipinski definition) is 3. The van der Waals surface area contributed by atoms with Crippen molar-refractivity contribution < 1.29 is 4.79 Å². The molecule has 2 rings (SSSR count). The molecular weight excluding hydrogens is 310 g/mol. The van der Waals surface area contributed by atoms with Gasteiger partial charge in [0.05, 0.1) is 6.54 Å². The van der Waals surface area contributed by atoms with E-state index in [-0.39, 0.29) is 24.4 Å². The van der Waals surface area contributed by atoms with Gasteiger partial charge in [-0.1, -0.05) is 38.5 Å².